The highest BCUT2D eigenvalue weighted by Gasteiger charge is 2.46. The third kappa shape index (κ3) is 5.17. The fraction of sp³-hybridized carbons (Fsp3) is 0.320. The Morgan fingerprint density at radius 3 is 2.35 bits per heavy atom. The molecule has 0 spiro atoms. The molecule has 1 saturated heterocycles. The van der Waals surface area contributed by atoms with Gasteiger partial charge in [0, 0.05) is 23.6 Å². The standard InChI is InChI=1S/C25H26ClNO7/c1-33-18-12-11-15(14-19(18)34-2)23(30)21-22(16-8-5-6-9-17(16)26)27(25(32)24(21)31)13-7-3-4-10-20(28)29/h5-6,8-9,11-12,14,22,30H,3-4,7,10,13H2,1-2H3,(H,28,29). The minimum Gasteiger partial charge on any atom is -0.507 e. The van der Waals surface area contributed by atoms with Gasteiger partial charge in [-0.1, -0.05) is 36.2 Å². The third-order valence-electron chi connectivity index (χ3n) is 5.69. The average Bonchev–Trinajstić information content (AvgIpc) is 3.07. The lowest BCUT2D eigenvalue weighted by Crippen LogP contribution is -2.30. The second-order valence-corrected chi connectivity index (χ2v) is 8.20. The van der Waals surface area contributed by atoms with Crippen LogP contribution in [0.5, 0.6) is 11.5 Å². The van der Waals surface area contributed by atoms with Crippen molar-refractivity contribution in [2.45, 2.75) is 31.7 Å². The molecule has 180 valence electrons. The number of ketones is 1. The highest BCUT2D eigenvalue weighted by Crippen LogP contribution is 2.42. The molecule has 2 aromatic carbocycles. The first-order valence-corrected chi connectivity index (χ1v) is 11.1. The number of rotatable bonds is 10. The fourth-order valence-electron chi connectivity index (χ4n) is 4.01. The molecule has 1 heterocycles. The summed E-state index contributed by atoms with van der Waals surface area (Å²) < 4.78 is 10.5. The molecule has 1 aliphatic heterocycles. The van der Waals surface area contributed by atoms with Gasteiger partial charge in [-0.25, -0.2) is 0 Å². The second-order valence-electron chi connectivity index (χ2n) is 7.79. The molecule has 1 amide bonds. The molecule has 1 aliphatic rings. The number of aliphatic hydroxyl groups excluding tert-OH is 1. The molecule has 2 aromatic rings. The highest BCUT2D eigenvalue weighted by molar-refractivity contribution is 6.47. The first-order valence-electron chi connectivity index (χ1n) is 10.8. The number of carbonyl (C=O) groups excluding carboxylic acids is 2. The van der Waals surface area contributed by atoms with E-state index in [1.165, 1.54) is 25.2 Å². The quantitative estimate of drug-likeness (QED) is 0.220. The lowest BCUT2D eigenvalue weighted by atomic mass is 9.95. The number of ether oxygens (including phenoxy) is 2. The Hall–Kier alpha value is -3.52. The summed E-state index contributed by atoms with van der Waals surface area (Å²) in [6.45, 7) is 0.211. The molecule has 3 rings (SSSR count). The number of benzene rings is 2. The maximum atomic E-state index is 13.1. The number of unbranched alkanes of at least 4 members (excludes halogenated alkanes) is 2. The van der Waals surface area contributed by atoms with Crippen LogP contribution in [0.4, 0.5) is 0 Å². The highest BCUT2D eigenvalue weighted by atomic mass is 35.5. The summed E-state index contributed by atoms with van der Waals surface area (Å²) in [6.07, 6.45) is 1.56. The zero-order valence-electron chi connectivity index (χ0n) is 18.9. The van der Waals surface area contributed by atoms with Crippen molar-refractivity contribution in [3.8, 4) is 11.5 Å². The van der Waals surface area contributed by atoms with Crippen LogP contribution < -0.4 is 9.47 Å². The Kier molecular flexibility index (Phi) is 8.17. The number of aliphatic hydroxyl groups is 1. The number of carbonyl (C=O) groups is 3. The van der Waals surface area contributed by atoms with E-state index in [0.29, 0.717) is 41.3 Å². The molecule has 0 aromatic heterocycles. The molecular formula is C25H26ClNO7. The van der Waals surface area contributed by atoms with Crippen LogP contribution >= 0.6 is 11.6 Å². The van der Waals surface area contributed by atoms with Gasteiger partial charge in [0.15, 0.2) is 11.5 Å². The van der Waals surface area contributed by atoms with Crippen LogP contribution in [0.3, 0.4) is 0 Å². The van der Waals surface area contributed by atoms with E-state index in [1.54, 1.807) is 36.4 Å². The number of methoxy groups -OCH3 is 2. The van der Waals surface area contributed by atoms with E-state index in [0.717, 1.165) is 0 Å². The Morgan fingerprint density at radius 1 is 1.00 bits per heavy atom. The van der Waals surface area contributed by atoms with E-state index in [-0.39, 0.29) is 29.9 Å². The molecule has 1 atom stereocenters. The van der Waals surface area contributed by atoms with Crippen LogP contribution in [0.25, 0.3) is 5.76 Å². The smallest absolute Gasteiger partial charge is 0.303 e. The average molecular weight is 488 g/mol. The molecule has 34 heavy (non-hydrogen) atoms. The van der Waals surface area contributed by atoms with Crippen LogP contribution in [0, 0.1) is 0 Å². The van der Waals surface area contributed by atoms with Crippen molar-refractivity contribution in [3.63, 3.8) is 0 Å². The first kappa shape index (κ1) is 25.1. The van der Waals surface area contributed by atoms with Gasteiger partial charge in [0.2, 0.25) is 0 Å². The number of hydrogen-bond acceptors (Lipinski definition) is 6. The summed E-state index contributed by atoms with van der Waals surface area (Å²) in [4.78, 5) is 38.2. The maximum Gasteiger partial charge on any atom is 0.303 e. The van der Waals surface area contributed by atoms with Crippen LogP contribution in [-0.2, 0) is 14.4 Å². The Bertz CT molecular complexity index is 1130. The molecule has 2 N–H and O–H groups in total. The summed E-state index contributed by atoms with van der Waals surface area (Å²) in [5.74, 6) is -1.99. The zero-order valence-corrected chi connectivity index (χ0v) is 19.7. The van der Waals surface area contributed by atoms with Gasteiger partial charge in [0.25, 0.3) is 11.7 Å². The van der Waals surface area contributed by atoms with E-state index in [4.69, 9.17) is 26.2 Å². The summed E-state index contributed by atoms with van der Waals surface area (Å²) >= 11 is 6.43. The molecule has 0 saturated carbocycles. The van der Waals surface area contributed by atoms with Crippen molar-refractivity contribution in [2.24, 2.45) is 0 Å². The van der Waals surface area contributed by atoms with Gasteiger partial charge in [0.05, 0.1) is 25.8 Å². The lowest BCUT2D eigenvalue weighted by molar-refractivity contribution is -0.140. The summed E-state index contributed by atoms with van der Waals surface area (Å²) in [6, 6.07) is 10.6. The molecule has 9 heteroatoms. The maximum absolute atomic E-state index is 13.1. The number of Topliss-reactive ketones (excluding diaryl/α,β-unsaturated/α-hetero) is 1. The number of halogens is 1. The van der Waals surface area contributed by atoms with Gasteiger partial charge < -0.3 is 24.6 Å². The molecule has 1 fully saturated rings. The van der Waals surface area contributed by atoms with Gasteiger partial charge in [-0.05, 0) is 42.7 Å². The monoisotopic (exact) mass is 487 g/mol. The summed E-state index contributed by atoms with van der Waals surface area (Å²) in [5.41, 5.74) is 0.723. The van der Waals surface area contributed by atoms with Crippen molar-refractivity contribution in [1.29, 1.82) is 0 Å². The minimum atomic E-state index is -0.888. The third-order valence-corrected chi connectivity index (χ3v) is 6.03. The molecule has 0 aliphatic carbocycles. The largest absolute Gasteiger partial charge is 0.507 e. The summed E-state index contributed by atoms with van der Waals surface area (Å²) in [7, 11) is 2.94. The van der Waals surface area contributed by atoms with Crippen molar-refractivity contribution in [1.82, 2.24) is 4.90 Å². The van der Waals surface area contributed by atoms with Crippen molar-refractivity contribution in [2.75, 3.05) is 20.8 Å². The van der Waals surface area contributed by atoms with Crippen LogP contribution in [0.2, 0.25) is 5.02 Å². The fourth-order valence-corrected chi connectivity index (χ4v) is 4.24. The van der Waals surface area contributed by atoms with Crippen molar-refractivity contribution in [3.05, 3.63) is 64.2 Å². The summed E-state index contributed by atoms with van der Waals surface area (Å²) in [5, 5.41) is 20.4. The zero-order chi connectivity index (χ0) is 24.8. The van der Waals surface area contributed by atoms with E-state index in [1.807, 2.05) is 0 Å². The predicted octanol–water partition coefficient (Wildman–Crippen LogP) is 4.42. The second kappa shape index (κ2) is 11.1. The van der Waals surface area contributed by atoms with Gasteiger partial charge >= 0.3 is 5.97 Å². The number of carboxylic acid groups (broad SMARTS) is 1. The number of hydrogen-bond donors (Lipinski definition) is 2. The lowest BCUT2D eigenvalue weighted by Gasteiger charge is -2.26. The van der Waals surface area contributed by atoms with E-state index >= 15 is 0 Å². The van der Waals surface area contributed by atoms with Crippen LogP contribution in [0.1, 0.15) is 42.9 Å². The van der Waals surface area contributed by atoms with Crippen LogP contribution in [-0.4, -0.2) is 53.5 Å². The van der Waals surface area contributed by atoms with Crippen molar-refractivity contribution < 1.29 is 34.1 Å². The van der Waals surface area contributed by atoms with Gasteiger partial charge in [-0.2, -0.15) is 0 Å². The van der Waals surface area contributed by atoms with E-state index < -0.39 is 23.7 Å². The Balaban J connectivity index is 2.04. The number of nitrogens with zero attached hydrogens (tertiary/aromatic N) is 1. The number of likely N-dealkylation sites (tertiary alicyclic amines) is 1. The number of amides is 1. The minimum absolute atomic E-state index is 0.0338. The Morgan fingerprint density at radius 2 is 1.71 bits per heavy atom. The molecule has 0 bridgehead atoms. The van der Waals surface area contributed by atoms with E-state index in [2.05, 4.69) is 0 Å². The topological polar surface area (TPSA) is 113 Å². The van der Waals surface area contributed by atoms with E-state index in [9.17, 15) is 19.5 Å². The van der Waals surface area contributed by atoms with Gasteiger partial charge in [0.1, 0.15) is 5.76 Å². The van der Waals surface area contributed by atoms with Gasteiger partial charge in [-0.3, -0.25) is 14.4 Å². The normalized spacial score (nSPS) is 17.1. The Labute approximate surface area is 202 Å². The molecular weight excluding hydrogens is 462 g/mol. The number of aliphatic carboxylic acids is 1. The number of carboxylic acids is 1. The molecule has 0 radical (unpaired) electrons. The molecule has 8 nitrogen and oxygen atoms in total. The van der Waals surface area contributed by atoms with Crippen LogP contribution in [0.15, 0.2) is 48.0 Å². The SMILES string of the molecule is COc1ccc(C(O)=C2C(=O)C(=O)N(CCCCCC(=O)O)C2c2ccccc2Cl)cc1OC. The molecule has 1 unspecified atom stereocenters. The van der Waals surface area contributed by atoms with Crippen molar-refractivity contribution >= 4 is 35.0 Å². The van der Waals surface area contributed by atoms with Gasteiger partial charge in [-0.15, -0.1) is 0 Å². The first-order chi connectivity index (χ1) is 16.3. The predicted molar refractivity (Wildman–Crippen MR) is 126 cm³/mol.